The van der Waals surface area contributed by atoms with Crippen molar-refractivity contribution in [3.8, 4) is 0 Å². The van der Waals surface area contributed by atoms with Gasteiger partial charge in [-0.25, -0.2) is 0 Å². The van der Waals surface area contributed by atoms with E-state index in [1.165, 1.54) is 24.9 Å². The molecule has 0 amide bonds. The van der Waals surface area contributed by atoms with E-state index in [0.29, 0.717) is 5.54 Å². The van der Waals surface area contributed by atoms with Crippen LogP contribution >= 0.6 is 11.6 Å². The summed E-state index contributed by atoms with van der Waals surface area (Å²) in [7, 11) is 2.24. The minimum Gasteiger partial charge on any atom is -0.296 e. The predicted octanol–water partition coefficient (Wildman–Crippen LogP) is 2.89. The molecule has 2 bridgehead atoms. The average Bonchev–Trinajstić information content (AvgIpc) is 2.58. The Labute approximate surface area is 89.7 Å². The molecule has 14 heavy (non-hydrogen) atoms. The summed E-state index contributed by atoms with van der Waals surface area (Å²) in [5.41, 5.74) is 1.80. The van der Waals surface area contributed by atoms with Crippen LogP contribution in [0.25, 0.3) is 0 Å². The van der Waals surface area contributed by atoms with Crippen molar-refractivity contribution in [2.75, 3.05) is 13.6 Å². The summed E-state index contributed by atoms with van der Waals surface area (Å²) >= 11 is 5.90. The summed E-state index contributed by atoms with van der Waals surface area (Å²) < 4.78 is 0. The van der Waals surface area contributed by atoms with Gasteiger partial charge in [0.2, 0.25) is 0 Å². The Kier molecular flexibility index (Phi) is 1.71. The maximum atomic E-state index is 5.90. The zero-order chi connectivity index (χ0) is 9.76. The topological polar surface area (TPSA) is 3.24 Å². The summed E-state index contributed by atoms with van der Waals surface area (Å²) in [6.45, 7) is 1.27. The van der Waals surface area contributed by atoms with E-state index in [-0.39, 0.29) is 0 Å². The number of benzene rings is 1. The number of hydrogen-bond acceptors (Lipinski definition) is 1. The van der Waals surface area contributed by atoms with E-state index in [0.717, 1.165) is 10.9 Å². The Balaban J connectivity index is 1.99. The van der Waals surface area contributed by atoms with Gasteiger partial charge in [-0.2, -0.15) is 0 Å². The number of hydrogen-bond donors (Lipinski definition) is 0. The van der Waals surface area contributed by atoms with Crippen molar-refractivity contribution >= 4 is 11.6 Å². The fourth-order valence-electron chi connectivity index (χ4n) is 3.11. The molecule has 1 saturated carbocycles. The molecule has 0 radical (unpaired) electrons. The standard InChI is InChI=1S/C12H14ClN/c1-14-8-9-6-12(14,7-9)10-2-4-11(13)5-3-10/h2-5,9H,6-8H2,1H3. The van der Waals surface area contributed by atoms with E-state index in [9.17, 15) is 0 Å². The van der Waals surface area contributed by atoms with Gasteiger partial charge in [0.15, 0.2) is 0 Å². The minimum absolute atomic E-state index is 0.356. The summed E-state index contributed by atoms with van der Waals surface area (Å²) in [6, 6.07) is 8.37. The first-order chi connectivity index (χ1) is 6.71. The third-order valence-corrected chi connectivity index (χ3v) is 4.15. The molecule has 2 heteroatoms. The molecule has 3 fully saturated rings. The van der Waals surface area contributed by atoms with Gasteiger partial charge in [-0.15, -0.1) is 0 Å². The lowest BCUT2D eigenvalue weighted by Gasteiger charge is -2.41. The largest absolute Gasteiger partial charge is 0.296 e. The van der Waals surface area contributed by atoms with Crippen LogP contribution in [-0.2, 0) is 5.54 Å². The van der Waals surface area contributed by atoms with Crippen molar-refractivity contribution in [3.63, 3.8) is 0 Å². The van der Waals surface area contributed by atoms with Gasteiger partial charge in [-0.3, -0.25) is 4.90 Å². The summed E-state index contributed by atoms with van der Waals surface area (Å²) in [4.78, 5) is 2.50. The molecule has 0 unspecified atom stereocenters. The van der Waals surface area contributed by atoms with Gasteiger partial charge < -0.3 is 0 Å². The first-order valence-corrected chi connectivity index (χ1v) is 5.56. The molecule has 1 aromatic rings. The Hall–Kier alpha value is -0.530. The molecule has 0 spiro atoms. The highest BCUT2D eigenvalue weighted by Gasteiger charge is 2.54. The second-order valence-electron chi connectivity index (χ2n) is 4.69. The van der Waals surface area contributed by atoms with E-state index < -0.39 is 0 Å². The lowest BCUT2D eigenvalue weighted by Crippen LogP contribution is -2.40. The Morgan fingerprint density at radius 2 is 1.93 bits per heavy atom. The first kappa shape index (κ1) is 8.75. The normalized spacial score (nSPS) is 35.7. The zero-order valence-corrected chi connectivity index (χ0v) is 9.09. The van der Waals surface area contributed by atoms with Crippen molar-refractivity contribution in [1.29, 1.82) is 0 Å². The van der Waals surface area contributed by atoms with Crippen LogP contribution in [0.4, 0.5) is 0 Å². The van der Waals surface area contributed by atoms with Crippen LogP contribution in [-0.4, -0.2) is 18.5 Å². The van der Waals surface area contributed by atoms with Gasteiger partial charge >= 0.3 is 0 Å². The number of halogens is 1. The molecular weight excluding hydrogens is 194 g/mol. The molecule has 2 aliphatic heterocycles. The van der Waals surface area contributed by atoms with E-state index >= 15 is 0 Å². The van der Waals surface area contributed by atoms with Crippen LogP contribution in [0.3, 0.4) is 0 Å². The van der Waals surface area contributed by atoms with Crippen molar-refractivity contribution < 1.29 is 0 Å². The molecule has 1 nitrogen and oxygen atoms in total. The van der Waals surface area contributed by atoms with Gasteiger partial charge in [-0.1, -0.05) is 23.7 Å². The van der Waals surface area contributed by atoms with Crippen molar-refractivity contribution in [3.05, 3.63) is 34.9 Å². The number of rotatable bonds is 1. The van der Waals surface area contributed by atoms with Crippen LogP contribution in [0, 0.1) is 5.92 Å². The lowest BCUT2D eigenvalue weighted by atomic mass is 9.69. The molecule has 0 aromatic heterocycles. The van der Waals surface area contributed by atoms with Crippen molar-refractivity contribution in [2.45, 2.75) is 18.4 Å². The van der Waals surface area contributed by atoms with Crippen molar-refractivity contribution in [2.24, 2.45) is 5.92 Å². The molecule has 3 aliphatic rings. The van der Waals surface area contributed by atoms with E-state index in [1.54, 1.807) is 0 Å². The number of fused-ring (bicyclic) bond motifs is 1. The summed E-state index contributed by atoms with van der Waals surface area (Å²) in [5, 5.41) is 0.835. The molecule has 0 N–H and O–H groups in total. The fourth-order valence-corrected chi connectivity index (χ4v) is 3.24. The maximum absolute atomic E-state index is 5.90. The summed E-state index contributed by atoms with van der Waals surface area (Å²) in [5.74, 6) is 0.940. The highest BCUT2D eigenvalue weighted by Crippen LogP contribution is 2.56. The van der Waals surface area contributed by atoms with Crippen LogP contribution < -0.4 is 0 Å². The van der Waals surface area contributed by atoms with Crippen LogP contribution in [0.1, 0.15) is 18.4 Å². The molecule has 1 aromatic carbocycles. The van der Waals surface area contributed by atoms with Gasteiger partial charge in [0.25, 0.3) is 0 Å². The van der Waals surface area contributed by atoms with Crippen LogP contribution in [0.15, 0.2) is 24.3 Å². The third-order valence-electron chi connectivity index (χ3n) is 3.90. The Morgan fingerprint density at radius 1 is 1.29 bits per heavy atom. The molecule has 0 atom stereocenters. The van der Waals surface area contributed by atoms with Crippen LogP contribution in [0.2, 0.25) is 5.02 Å². The smallest absolute Gasteiger partial charge is 0.0464 e. The minimum atomic E-state index is 0.356. The van der Waals surface area contributed by atoms with Crippen molar-refractivity contribution in [1.82, 2.24) is 4.90 Å². The van der Waals surface area contributed by atoms with Gasteiger partial charge in [0.1, 0.15) is 0 Å². The van der Waals surface area contributed by atoms with Gasteiger partial charge in [0, 0.05) is 17.1 Å². The van der Waals surface area contributed by atoms with E-state index in [4.69, 9.17) is 11.6 Å². The van der Waals surface area contributed by atoms with E-state index in [2.05, 4.69) is 24.1 Å². The zero-order valence-electron chi connectivity index (χ0n) is 8.33. The molecule has 2 saturated heterocycles. The second-order valence-corrected chi connectivity index (χ2v) is 5.13. The number of nitrogens with zero attached hydrogens (tertiary/aromatic N) is 1. The molecule has 4 rings (SSSR count). The predicted molar refractivity (Wildman–Crippen MR) is 58.5 cm³/mol. The summed E-state index contributed by atoms with van der Waals surface area (Å²) in [6.07, 6.45) is 2.68. The lowest BCUT2D eigenvalue weighted by molar-refractivity contribution is 0.130. The second kappa shape index (κ2) is 2.74. The SMILES string of the molecule is CN1CC2CC1(c1ccc(Cl)cc1)C2. The van der Waals surface area contributed by atoms with Crippen LogP contribution in [0.5, 0.6) is 0 Å². The third kappa shape index (κ3) is 0.999. The fraction of sp³-hybridized carbons (Fsp3) is 0.500. The highest BCUT2D eigenvalue weighted by atomic mass is 35.5. The molecule has 1 aliphatic carbocycles. The average molecular weight is 208 g/mol. The monoisotopic (exact) mass is 207 g/mol. The van der Waals surface area contributed by atoms with Gasteiger partial charge in [-0.05, 0) is 43.5 Å². The van der Waals surface area contributed by atoms with E-state index in [1.807, 2.05) is 12.1 Å². The molecule has 74 valence electrons. The maximum Gasteiger partial charge on any atom is 0.0464 e. The Bertz CT molecular complexity index is 351. The molecular formula is C12H14ClN. The quantitative estimate of drug-likeness (QED) is 0.685. The first-order valence-electron chi connectivity index (χ1n) is 5.18. The Morgan fingerprint density at radius 3 is 2.43 bits per heavy atom. The molecule has 2 heterocycles. The highest BCUT2D eigenvalue weighted by molar-refractivity contribution is 6.30. The van der Waals surface area contributed by atoms with Gasteiger partial charge in [0.05, 0.1) is 0 Å².